The van der Waals surface area contributed by atoms with Crippen LogP contribution in [-0.4, -0.2) is 41.8 Å². The zero-order chi connectivity index (χ0) is 19.3. The highest BCUT2D eigenvalue weighted by Crippen LogP contribution is 2.34. The Morgan fingerprint density at radius 3 is 2.76 bits per heavy atom. The van der Waals surface area contributed by atoms with Gasteiger partial charge in [0, 0.05) is 18.8 Å². The molecule has 0 spiro atoms. The van der Waals surface area contributed by atoms with E-state index in [-0.39, 0.29) is 24.0 Å². The van der Waals surface area contributed by atoms with Crippen LogP contribution in [0.3, 0.4) is 0 Å². The van der Waals surface area contributed by atoms with Crippen molar-refractivity contribution in [1.29, 1.82) is 0 Å². The van der Waals surface area contributed by atoms with E-state index >= 15 is 0 Å². The number of aromatic nitrogens is 1. The summed E-state index contributed by atoms with van der Waals surface area (Å²) in [5, 5.41) is 6.93. The number of nitrogens with zero attached hydrogens (tertiary/aromatic N) is 2. The Hall–Kier alpha value is -1.09. The first-order valence-electron chi connectivity index (χ1n) is 11.0. The van der Waals surface area contributed by atoms with E-state index < -0.39 is 0 Å². The molecule has 0 radical (unpaired) electrons. The van der Waals surface area contributed by atoms with Crippen molar-refractivity contribution in [3.05, 3.63) is 23.9 Å². The molecular weight excluding hydrogens is 479 g/mol. The van der Waals surface area contributed by atoms with Gasteiger partial charge in [-0.2, -0.15) is 0 Å². The zero-order valence-electron chi connectivity index (χ0n) is 17.6. The van der Waals surface area contributed by atoms with Gasteiger partial charge in [-0.3, -0.25) is 0 Å². The van der Waals surface area contributed by atoms with E-state index in [2.05, 4.69) is 29.5 Å². The number of ether oxygens (including phenoxy) is 2. The molecule has 0 amide bonds. The third-order valence-corrected chi connectivity index (χ3v) is 6.24. The predicted molar refractivity (Wildman–Crippen MR) is 126 cm³/mol. The van der Waals surface area contributed by atoms with E-state index in [0.29, 0.717) is 30.9 Å². The number of rotatable bonds is 6. The Morgan fingerprint density at radius 1 is 1.24 bits per heavy atom. The van der Waals surface area contributed by atoms with Crippen molar-refractivity contribution in [3.8, 4) is 5.88 Å². The summed E-state index contributed by atoms with van der Waals surface area (Å²) in [4.78, 5) is 9.19. The largest absolute Gasteiger partial charge is 0.474 e. The highest BCUT2D eigenvalue weighted by Gasteiger charge is 2.41. The number of aliphatic imine (C=N–C) groups is 1. The molecule has 1 aromatic heterocycles. The summed E-state index contributed by atoms with van der Waals surface area (Å²) in [6, 6.07) is 4.43. The summed E-state index contributed by atoms with van der Waals surface area (Å²) in [5.41, 5.74) is 1.12. The van der Waals surface area contributed by atoms with Gasteiger partial charge in [-0.05, 0) is 69.4 Å². The second-order valence-corrected chi connectivity index (χ2v) is 8.56. The number of guanidine groups is 1. The molecule has 162 valence electrons. The fourth-order valence-electron chi connectivity index (χ4n) is 4.59. The minimum absolute atomic E-state index is 0. The number of halogens is 1. The van der Waals surface area contributed by atoms with E-state index in [1.54, 1.807) is 0 Å². The minimum Gasteiger partial charge on any atom is -0.474 e. The lowest BCUT2D eigenvalue weighted by atomic mass is 9.89. The molecule has 2 aliphatic heterocycles. The maximum Gasteiger partial charge on any atom is 0.213 e. The molecule has 2 N–H and O–H groups in total. The Balaban J connectivity index is 0.00000240. The summed E-state index contributed by atoms with van der Waals surface area (Å²) in [6.07, 6.45) is 11.1. The molecule has 3 heterocycles. The molecule has 1 aliphatic carbocycles. The Kier molecular flexibility index (Phi) is 8.41. The maximum absolute atomic E-state index is 6.13. The first kappa shape index (κ1) is 22.6. The lowest BCUT2D eigenvalue weighted by molar-refractivity contribution is 0.0992. The van der Waals surface area contributed by atoms with Crippen molar-refractivity contribution in [2.45, 2.75) is 89.7 Å². The molecule has 2 bridgehead atoms. The zero-order valence-corrected chi connectivity index (χ0v) is 19.9. The Labute approximate surface area is 191 Å². The number of hydrogen-bond acceptors (Lipinski definition) is 4. The average molecular weight is 514 g/mol. The van der Waals surface area contributed by atoms with E-state index in [4.69, 9.17) is 14.5 Å². The van der Waals surface area contributed by atoms with Crippen LogP contribution in [0.2, 0.25) is 0 Å². The van der Waals surface area contributed by atoms with Crippen molar-refractivity contribution < 1.29 is 9.47 Å². The van der Waals surface area contributed by atoms with Crippen molar-refractivity contribution in [2.75, 3.05) is 6.54 Å². The summed E-state index contributed by atoms with van der Waals surface area (Å²) in [7, 11) is 0. The molecule has 3 atom stereocenters. The number of nitrogens with one attached hydrogen (secondary N) is 2. The molecule has 0 aromatic carbocycles. The van der Waals surface area contributed by atoms with Crippen LogP contribution >= 0.6 is 24.0 Å². The maximum atomic E-state index is 6.13. The standard InChI is InChI=1S/C22H34N4O2.HI/c1-3-23-22(26-19-13-18-8-9-20(19)27-18)25-14-16-10-11-24-21(12-16)28-17-6-4-15(2)5-7-17;/h10-12,15,17-20H,3-9,13-14H2,1-2H3,(H2,23,25,26);1H. The first-order valence-corrected chi connectivity index (χ1v) is 11.0. The summed E-state index contributed by atoms with van der Waals surface area (Å²) in [5.74, 6) is 2.42. The molecule has 3 aliphatic rings. The van der Waals surface area contributed by atoms with Gasteiger partial charge in [0.15, 0.2) is 5.96 Å². The van der Waals surface area contributed by atoms with Crippen molar-refractivity contribution in [1.82, 2.24) is 15.6 Å². The van der Waals surface area contributed by atoms with E-state index in [9.17, 15) is 0 Å². The van der Waals surface area contributed by atoms with Gasteiger partial charge in [-0.15, -0.1) is 24.0 Å². The lowest BCUT2D eigenvalue weighted by Gasteiger charge is -2.26. The summed E-state index contributed by atoms with van der Waals surface area (Å²) >= 11 is 0. The van der Waals surface area contributed by atoms with E-state index in [0.717, 1.165) is 55.5 Å². The lowest BCUT2D eigenvalue weighted by Crippen LogP contribution is -2.47. The number of hydrogen-bond donors (Lipinski definition) is 2. The normalized spacial score (nSPS) is 31.2. The third kappa shape index (κ3) is 6.20. The average Bonchev–Trinajstić information content (AvgIpc) is 3.32. The summed E-state index contributed by atoms with van der Waals surface area (Å²) < 4.78 is 12.1. The molecule has 3 unspecified atom stereocenters. The third-order valence-electron chi connectivity index (χ3n) is 6.24. The number of fused-ring (bicyclic) bond motifs is 2. The minimum atomic E-state index is 0. The number of pyridine rings is 1. The van der Waals surface area contributed by atoms with Crippen LogP contribution < -0.4 is 15.4 Å². The monoisotopic (exact) mass is 514 g/mol. The highest BCUT2D eigenvalue weighted by atomic mass is 127. The molecule has 1 aromatic rings. The van der Waals surface area contributed by atoms with Gasteiger partial charge in [0.25, 0.3) is 0 Å². The fraction of sp³-hybridized carbons (Fsp3) is 0.727. The van der Waals surface area contributed by atoms with Crippen molar-refractivity contribution >= 4 is 29.9 Å². The van der Waals surface area contributed by atoms with E-state index in [1.807, 2.05) is 18.3 Å². The van der Waals surface area contributed by atoms with Crippen molar-refractivity contribution in [2.24, 2.45) is 10.9 Å². The molecule has 29 heavy (non-hydrogen) atoms. The van der Waals surface area contributed by atoms with Crippen LogP contribution in [-0.2, 0) is 11.3 Å². The van der Waals surface area contributed by atoms with Gasteiger partial charge in [-0.1, -0.05) is 6.92 Å². The molecule has 4 rings (SSSR count). The molecule has 3 fully saturated rings. The first-order chi connectivity index (χ1) is 13.7. The molecule has 2 saturated heterocycles. The molecule has 7 heteroatoms. The van der Waals surface area contributed by atoms with Gasteiger partial charge in [0.2, 0.25) is 5.88 Å². The van der Waals surface area contributed by atoms with Crippen LogP contribution in [0, 0.1) is 5.92 Å². The molecule has 6 nitrogen and oxygen atoms in total. The van der Waals surface area contributed by atoms with E-state index in [1.165, 1.54) is 19.3 Å². The van der Waals surface area contributed by atoms with Crippen LogP contribution in [0.5, 0.6) is 5.88 Å². The highest BCUT2D eigenvalue weighted by molar-refractivity contribution is 14.0. The van der Waals surface area contributed by atoms with Gasteiger partial charge in [0.1, 0.15) is 6.10 Å². The van der Waals surface area contributed by atoms with Crippen LogP contribution in [0.4, 0.5) is 0 Å². The molecular formula is C22H35IN4O2. The van der Waals surface area contributed by atoms with Gasteiger partial charge >= 0.3 is 0 Å². The Morgan fingerprint density at radius 2 is 2.07 bits per heavy atom. The van der Waals surface area contributed by atoms with Crippen molar-refractivity contribution in [3.63, 3.8) is 0 Å². The SMILES string of the molecule is CCNC(=NCc1ccnc(OC2CCC(C)CC2)c1)NC1CC2CCC1O2.I. The smallest absolute Gasteiger partial charge is 0.213 e. The van der Waals surface area contributed by atoms with Crippen LogP contribution in [0.25, 0.3) is 0 Å². The fourth-order valence-corrected chi connectivity index (χ4v) is 4.59. The Bertz CT molecular complexity index is 679. The predicted octanol–water partition coefficient (Wildman–Crippen LogP) is 4.03. The quantitative estimate of drug-likeness (QED) is 0.341. The molecule has 1 saturated carbocycles. The summed E-state index contributed by atoms with van der Waals surface area (Å²) in [6.45, 7) is 5.87. The second-order valence-electron chi connectivity index (χ2n) is 8.56. The second kappa shape index (κ2) is 10.8. The van der Waals surface area contributed by atoms with Gasteiger partial charge in [0.05, 0.1) is 24.8 Å². The van der Waals surface area contributed by atoms with Crippen LogP contribution in [0.15, 0.2) is 23.3 Å². The van der Waals surface area contributed by atoms with Crippen LogP contribution in [0.1, 0.15) is 64.4 Å². The van der Waals surface area contributed by atoms with Gasteiger partial charge in [-0.25, -0.2) is 9.98 Å². The van der Waals surface area contributed by atoms with Gasteiger partial charge < -0.3 is 20.1 Å². The topological polar surface area (TPSA) is 67.8 Å².